The van der Waals surface area contributed by atoms with Crippen molar-refractivity contribution in [1.29, 1.82) is 0 Å². The number of hydrogen-bond donors (Lipinski definition) is 1. The van der Waals surface area contributed by atoms with Crippen LogP contribution in [0.25, 0.3) is 0 Å². The number of sulfonamides is 1. The maximum Gasteiger partial charge on any atom is 0.247 e. The van der Waals surface area contributed by atoms with Gasteiger partial charge in [-0.3, -0.25) is 4.79 Å². The Morgan fingerprint density at radius 3 is 2.50 bits per heavy atom. The standard InChI is InChI=1S/C12H18N2O3S/c1-2-10-5-7-14(8-6-10)18(16,17)11-3-4-12(15)13-9-11/h3-4,9-10H,2,5-8H2,1H3,(H,13,15). The lowest BCUT2D eigenvalue weighted by molar-refractivity contribution is 0.269. The zero-order valence-electron chi connectivity index (χ0n) is 10.4. The van der Waals surface area contributed by atoms with Crippen LogP contribution in [0.5, 0.6) is 0 Å². The Morgan fingerprint density at radius 1 is 1.33 bits per heavy atom. The SMILES string of the molecule is CCC1CCN(S(=O)(=O)c2ccc(=O)[nH]c2)CC1. The van der Waals surface area contributed by atoms with Crippen molar-refractivity contribution in [2.24, 2.45) is 5.92 Å². The van der Waals surface area contributed by atoms with E-state index < -0.39 is 10.0 Å². The van der Waals surface area contributed by atoms with E-state index in [1.807, 2.05) is 0 Å². The van der Waals surface area contributed by atoms with Gasteiger partial charge in [0.1, 0.15) is 0 Å². The number of aromatic nitrogens is 1. The third-order valence-corrected chi connectivity index (χ3v) is 5.44. The van der Waals surface area contributed by atoms with Crippen LogP contribution in [0.4, 0.5) is 0 Å². The summed E-state index contributed by atoms with van der Waals surface area (Å²) in [4.78, 5) is 13.5. The van der Waals surface area contributed by atoms with Crippen molar-refractivity contribution in [2.45, 2.75) is 31.1 Å². The highest BCUT2D eigenvalue weighted by molar-refractivity contribution is 7.89. The van der Waals surface area contributed by atoms with Gasteiger partial charge >= 0.3 is 0 Å². The van der Waals surface area contributed by atoms with Crippen LogP contribution in [-0.2, 0) is 10.0 Å². The van der Waals surface area contributed by atoms with E-state index in [4.69, 9.17) is 0 Å². The number of rotatable bonds is 3. The maximum atomic E-state index is 12.3. The Hall–Kier alpha value is -1.14. The summed E-state index contributed by atoms with van der Waals surface area (Å²) in [5.41, 5.74) is -0.293. The molecule has 1 aromatic rings. The zero-order valence-corrected chi connectivity index (χ0v) is 11.2. The molecular formula is C12H18N2O3S. The van der Waals surface area contributed by atoms with Crippen LogP contribution in [0.1, 0.15) is 26.2 Å². The van der Waals surface area contributed by atoms with Gasteiger partial charge < -0.3 is 4.98 Å². The third-order valence-electron chi connectivity index (χ3n) is 3.54. The van der Waals surface area contributed by atoms with E-state index in [1.165, 1.54) is 22.6 Å². The van der Waals surface area contributed by atoms with Gasteiger partial charge in [0.25, 0.3) is 0 Å². The smallest absolute Gasteiger partial charge is 0.247 e. The van der Waals surface area contributed by atoms with Crippen LogP contribution in [0.3, 0.4) is 0 Å². The second-order valence-corrected chi connectivity index (χ2v) is 6.58. The molecule has 1 aromatic heterocycles. The number of piperidine rings is 1. The molecule has 0 radical (unpaired) electrons. The highest BCUT2D eigenvalue weighted by Crippen LogP contribution is 2.24. The molecule has 1 saturated heterocycles. The molecule has 0 atom stereocenters. The summed E-state index contributed by atoms with van der Waals surface area (Å²) in [5.74, 6) is 0.632. The highest BCUT2D eigenvalue weighted by Gasteiger charge is 2.28. The summed E-state index contributed by atoms with van der Waals surface area (Å²) >= 11 is 0. The fraction of sp³-hybridized carbons (Fsp3) is 0.583. The summed E-state index contributed by atoms with van der Waals surface area (Å²) in [6, 6.07) is 2.60. The topological polar surface area (TPSA) is 70.2 Å². The number of pyridine rings is 1. The van der Waals surface area contributed by atoms with Crippen molar-refractivity contribution in [3.8, 4) is 0 Å². The lowest BCUT2D eigenvalue weighted by Gasteiger charge is -2.30. The molecule has 1 aliphatic heterocycles. The van der Waals surface area contributed by atoms with E-state index in [1.54, 1.807) is 0 Å². The Bertz CT molecular complexity index is 536. The average Bonchev–Trinajstić information content (AvgIpc) is 2.39. The predicted molar refractivity (Wildman–Crippen MR) is 68.8 cm³/mol. The van der Waals surface area contributed by atoms with Crippen LogP contribution in [-0.4, -0.2) is 30.8 Å². The lowest BCUT2D eigenvalue weighted by Crippen LogP contribution is -2.38. The first kappa shape index (κ1) is 13.3. The molecule has 0 bridgehead atoms. The fourth-order valence-electron chi connectivity index (χ4n) is 2.26. The van der Waals surface area contributed by atoms with Gasteiger partial charge in [-0.2, -0.15) is 4.31 Å². The molecule has 0 unspecified atom stereocenters. The first-order valence-corrected chi connectivity index (χ1v) is 7.67. The molecule has 1 aliphatic rings. The predicted octanol–water partition coefficient (Wildman–Crippen LogP) is 1.19. The molecule has 0 aliphatic carbocycles. The minimum Gasteiger partial charge on any atom is -0.328 e. The Labute approximate surface area is 107 Å². The molecule has 0 saturated carbocycles. The lowest BCUT2D eigenvalue weighted by atomic mass is 9.96. The number of aromatic amines is 1. The maximum absolute atomic E-state index is 12.3. The Balaban J connectivity index is 2.17. The molecule has 0 spiro atoms. The second-order valence-electron chi connectivity index (χ2n) is 4.64. The largest absolute Gasteiger partial charge is 0.328 e. The van der Waals surface area contributed by atoms with Crippen molar-refractivity contribution < 1.29 is 8.42 Å². The monoisotopic (exact) mass is 270 g/mol. The minimum atomic E-state index is -3.45. The fourth-order valence-corrected chi connectivity index (χ4v) is 3.70. The van der Waals surface area contributed by atoms with Gasteiger partial charge in [0.15, 0.2) is 0 Å². The molecule has 100 valence electrons. The summed E-state index contributed by atoms with van der Waals surface area (Å²) < 4.78 is 26.1. The molecule has 6 heteroatoms. The molecule has 1 fully saturated rings. The quantitative estimate of drug-likeness (QED) is 0.896. The van der Waals surface area contributed by atoms with E-state index in [9.17, 15) is 13.2 Å². The Kier molecular flexibility index (Phi) is 3.87. The number of nitrogens with zero attached hydrogens (tertiary/aromatic N) is 1. The normalized spacial score (nSPS) is 18.9. The molecule has 0 aromatic carbocycles. The van der Waals surface area contributed by atoms with E-state index in [0.717, 1.165) is 19.3 Å². The van der Waals surface area contributed by atoms with Gasteiger partial charge in [-0.15, -0.1) is 0 Å². The Morgan fingerprint density at radius 2 is 2.00 bits per heavy atom. The van der Waals surface area contributed by atoms with Gasteiger partial charge in [0, 0.05) is 25.4 Å². The first-order chi connectivity index (χ1) is 8.54. The zero-order chi connectivity index (χ0) is 13.2. The van der Waals surface area contributed by atoms with E-state index in [-0.39, 0.29) is 10.5 Å². The first-order valence-electron chi connectivity index (χ1n) is 6.23. The number of hydrogen-bond acceptors (Lipinski definition) is 3. The van der Waals surface area contributed by atoms with Gasteiger partial charge in [-0.25, -0.2) is 8.42 Å². The molecule has 2 heterocycles. The van der Waals surface area contributed by atoms with Crippen LogP contribution in [0.2, 0.25) is 0 Å². The summed E-state index contributed by atoms with van der Waals surface area (Å²) in [5, 5.41) is 0. The van der Waals surface area contributed by atoms with Crippen molar-refractivity contribution in [3.63, 3.8) is 0 Å². The minimum absolute atomic E-state index is 0.164. The van der Waals surface area contributed by atoms with E-state index in [0.29, 0.717) is 19.0 Å². The number of nitrogens with one attached hydrogen (secondary N) is 1. The summed E-state index contributed by atoms with van der Waals surface area (Å²) in [7, 11) is -3.45. The molecular weight excluding hydrogens is 252 g/mol. The summed E-state index contributed by atoms with van der Waals surface area (Å²) in [6.07, 6.45) is 4.20. The van der Waals surface area contributed by atoms with Crippen molar-refractivity contribution in [1.82, 2.24) is 9.29 Å². The third kappa shape index (κ3) is 2.64. The van der Waals surface area contributed by atoms with E-state index >= 15 is 0 Å². The molecule has 5 nitrogen and oxygen atoms in total. The molecule has 2 rings (SSSR count). The highest BCUT2D eigenvalue weighted by atomic mass is 32.2. The van der Waals surface area contributed by atoms with Crippen molar-refractivity contribution in [3.05, 3.63) is 28.7 Å². The van der Waals surface area contributed by atoms with Gasteiger partial charge in [-0.05, 0) is 24.8 Å². The molecule has 1 N–H and O–H groups in total. The second kappa shape index (κ2) is 5.24. The van der Waals surface area contributed by atoms with Crippen LogP contribution in [0.15, 0.2) is 28.0 Å². The average molecular weight is 270 g/mol. The van der Waals surface area contributed by atoms with E-state index in [2.05, 4.69) is 11.9 Å². The van der Waals surface area contributed by atoms with Gasteiger partial charge in [-0.1, -0.05) is 13.3 Å². The molecule has 18 heavy (non-hydrogen) atoms. The number of H-pyrrole nitrogens is 1. The van der Waals surface area contributed by atoms with Gasteiger partial charge in [0.05, 0.1) is 4.90 Å². The van der Waals surface area contributed by atoms with Crippen LogP contribution < -0.4 is 5.56 Å². The summed E-state index contributed by atoms with van der Waals surface area (Å²) in [6.45, 7) is 3.27. The van der Waals surface area contributed by atoms with Crippen LogP contribution in [0, 0.1) is 5.92 Å². The molecule has 0 amide bonds. The van der Waals surface area contributed by atoms with Crippen LogP contribution >= 0.6 is 0 Å². The van der Waals surface area contributed by atoms with Gasteiger partial charge in [0.2, 0.25) is 15.6 Å². The van der Waals surface area contributed by atoms with Crippen molar-refractivity contribution >= 4 is 10.0 Å². The van der Waals surface area contributed by atoms with Crippen molar-refractivity contribution in [2.75, 3.05) is 13.1 Å².